The maximum Gasteiger partial charge on any atom is 0.237 e. The Morgan fingerprint density at radius 2 is 2.07 bits per heavy atom. The van der Waals surface area contributed by atoms with Gasteiger partial charge < -0.3 is 16.2 Å². The number of amides is 1. The van der Waals surface area contributed by atoms with Crippen molar-refractivity contribution in [3.8, 4) is 0 Å². The molecule has 1 fully saturated rings. The van der Waals surface area contributed by atoms with E-state index in [9.17, 15) is 9.90 Å². The molecule has 4 N–H and O–H groups in total. The Morgan fingerprint density at radius 3 is 2.40 bits per heavy atom. The molecule has 0 heterocycles. The highest BCUT2D eigenvalue weighted by atomic mass is 16.3. The molecule has 0 aliphatic heterocycles. The largest absolute Gasteiger partial charge is 0.392 e. The fourth-order valence-corrected chi connectivity index (χ4v) is 1.72. The molecule has 0 aromatic rings. The third-order valence-electron chi connectivity index (χ3n) is 3.55. The van der Waals surface area contributed by atoms with Gasteiger partial charge in [0, 0.05) is 11.5 Å². The highest BCUT2D eigenvalue weighted by Crippen LogP contribution is 2.40. The molecule has 0 bridgehead atoms. The molecule has 0 spiro atoms. The van der Waals surface area contributed by atoms with E-state index >= 15 is 0 Å². The molecular formula is C11H22N2O2. The van der Waals surface area contributed by atoms with Crippen LogP contribution in [0.15, 0.2) is 0 Å². The monoisotopic (exact) mass is 214 g/mol. The van der Waals surface area contributed by atoms with E-state index in [0.717, 1.165) is 0 Å². The number of carbonyl (C=O) groups is 1. The first kappa shape index (κ1) is 12.5. The molecule has 1 rings (SSSR count). The van der Waals surface area contributed by atoms with Crippen LogP contribution in [0.5, 0.6) is 0 Å². The lowest BCUT2D eigenvalue weighted by molar-refractivity contribution is -0.131. The van der Waals surface area contributed by atoms with E-state index in [1.54, 1.807) is 0 Å². The molecule has 3 unspecified atom stereocenters. The van der Waals surface area contributed by atoms with Crippen LogP contribution >= 0.6 is 0 Å². The number of carbonyl (C=O) groups excluding carboxylic acids is 1. The fourth-order valence-electron chi connectivity index (χ4n) is 1.72. The van der Waals surface area contributed by atoms with Crippen molar-refractivity contribution in [1.29, 1.82) is 0 Å². The number of rotatable bonds is 3. The van der Waals surface area contributed by atoms with Crippen molar-refractivity contribution >= 4 is 5.91 Å². The Bertz CT molecular complexity index is 251. The van der Waals surface area contributed by atoms with Gasteiger partial charge in [-0.05, 0) is 12.3 Å². The minimum Gasteiger partial charge on any atom is -0.392 e. The minimum absolute atomic E-state index is 0.0461. The van der Waals surface area contributed by atoms with Gasteiger partial charge in [-0.2, -0.15) is 0 Å². The lowest BCUT2D eigenvalue weighted by atomic mass is 9.64. The molecule has 4 heteroatoms. The molecule has 3 atom stereocenters. The number of nitrogens with two attached hydrogens (primary N) is 1. The summed E-state index contributed by atoms with van der Waals surface area (Å²) in [5.41, 5.74) is 5.51. The summed E-state index contributed by atoms with van der Waals surface area (Å²) in [7, 11) is 0. The van der Waals surface area contributed by atoms with Gasteiger partial charge in [0.2, 0.25) is 5.91 Å². The van der Waals surface area contributed by atoms with Gasteiger partial charge in [-0.3, -0.25) is 4.79 Å². The van der Waals surface area contributed by atoms with Crippen LogP contribution in [0.1, 0.15) is 34.1 Å². The zero-order chi connectivity index (χ0) is 11.8. The van der Waals surface area contributed by atoms with Crippen LogP contribution in [0.25, 0.3) is 0 Å². The van der Waals surface area contributed by atoms with Crippen molar-refractivity contribution in [3.05, 3.63) is 0 Å². The predicted molar refractivity (Wildman–Crippen MR) is 59.1 cm³/mol. The molecule has 1 aliphatic rings. The van der Waals surface area contributed by atoms with Crippen molar-refractivity contribution < 1.29 is 9.90 Å². The van der Waals surface area contributed by atoms with Gasteiger partial charge >= 0.3 is 0 Å². The van der Waals surface area contributed by atoms with Crippen molar-refractivity contribution in [2.24, 2.45) is 17.1 Å². The van der Waals surface area contributed by atoms with Gasteiger partial charge in [-0.1, -0.05) is 27.7 Å². The Kier molecular flexibility index (Phi) is 3.41. The zero-order valence-corrected chi connectivity index (χ0v) is 9.95. The van der Waals surface area contributed by atoms with Crippen LogP contribution in [0.2, 0.25) is 0 Å². The Labute approximate surface area is 91.2 Å². The first-order chi connectivity index (χ1) is 6.76. The second-order valence-corrected chi connectivity index (χ2v) is 5.40. The SMILES string of the molecule is CC(C)C(N)C(=O)NC1CC(O)C1(C)C. The molecule has 15 heavy (non-hydrogen) atoms. The van der Waals surface area contributed by atoms with E-state index in [2.05, 4.69) is 5.32 Å². The maximum atomic E-state index is 11.7. The van der Waals surface area contributed by atoms with Crippen LogP contribution in [-0.4, -0.2) is 29.2 Å². The van der Waals surface area contributed by atoms with Crippen LogP contribution < -0.4 is 11.1 Å². The summed E-state index contributed by atoms with van der Waals surface area (Å²) in [6.45, 7) is 7.75. The Hall–Kier alpha value is -0.610. The Balaban J connectivity index is 2.47. The summed E-state index contributed by atoms with van der Waals surface area (Å²) in [6, 6.07) is -0.414. The quantitative estimate of drug-likeness (QED) is 0.630. The summed E-state index contributed by atoms with van der Waals surface area (Å²) < 4.78 is 0. The lowest BCUT2D eigenvalue weighted by Crippen LogP contribution is -2.63. The molecular weight excluding hydrogens is 192 g/mol. The van der Waals surface area contributed by atoms with Crippen molar-refractivity contribution in [3.63, 3.8) is 0 Å². The molecule has 1 aliphatic carbocycles. The van der Waals surface area contributed by atoms with E-state index in [1.807, 2.05) is 27.7 Å². The zero-order valence-electron chi connectivity index (χ0n) is 9.95. The second-order valence-electron chi connectivity index (χ2n) is 5.40. The maximum absolute atomic E-state index is 11.7. The van der Waals surface area contributed by atoms with Gasteiger partial charge in [0.25, 0.3) is 0 Å². The summed E-state index contributed by atoms with van der Waals surface area (Å²) in [5.74, 6) is 0.0214. The molecule has 0 saturated heterocycles. The van der Waals surface area contributed by atoms with Crippen molar-refractivity contribution in [2.45, 2.75) is 52.3 Å². The first-order valence-corrected chi connectivity index (χ1v) is 5.50. The third kappa shape index (κ3) is 2.32. The predicted octanol–water partition coefficient (Wildman–Crippen LogP) is 0.245. The average molecular weight is 214 g/mol. The summed E-state index contributed by atoms with van der Waals surface area (Å²) in [5, 5.41) is 12.4. The van der Waals surface area contributed by atoms with E-state index < -0.39 is 6.04 Å². The first-order valence-electron chi connectivity index (χ1n) is 5.50. The molecule has 88 valence electrons. The number of nitrogens with one attached hydrogen (secondary N) is 1. The van der Waals surface area contributed by atoms with Crippen LogP contribution in [0.4, 0.5) is 0 Å². The number of aliphatic hydroxyl groups excluding tert-OH is 1. The van der Waals surface area contributed by atoms with Gasteiger partial charge in [0.05, 0.1) is 12.1 Å². The normalized spacial score (nSPS) is 30.9. The second kappa shape index (κ2) is 4.10. The highest BCUT2D eigenvalue weighted by molar-refractivity contribution is 5.82. The van der Waals surface area contributed by atoms with Gasteiger partial charge in [0.15, 0.2) is 0 Å². The van der Waals surface area contributed by atoms with Gasteiger partial charge in [-0.15, -0.1) is 0 Å². The van der Waals surface area contributed by atoms with Crippen LogP contribution in [-0.2, 0) is 4.79 Å². The van der Waals surface area contributed by atoms with E-state index in [4.69, 9.17) is 5.73 Å². The van der Waals surface area contributed by atoms with E-state index in [1.165, 1.54) is 0 Å². The minimum atomic E-state index is -0.460. The van der Waals surface area contributed by atoms with Crippen molar-refractivity contribution in [1.82, 2.24) is 5.32 Å². The molecule has 1 saturated carbocycles. The summed E-state index contributed by atoms with van der Waals surface area (Å²) >= 11 is 0. The molecule has 4 nitrogen and oxygen atoms in total. The lowest BCUT2D eigenvalue weighted by Gasteiger charge is -2.49. The molecule has 1 amide bonds. The molecule has 0 radical (unpaired) electrons. The van der Waals surface area contributed by atoms with E-state index in [0.29, 0.717) is 6.42 Å². The Morgan fingerprint density at radius 1 is 1.53 bits per heavy atom. The number of aliphatic hydroxyl groups is 1. The summed E-state index contributed by atoms with van der Waals surface area (Å²) in [6.07, 6.45) is 0.307. The van der Waals surface area contributed by atoms with Crippen molar-refractivity contribution in [2.75, 3.05) is 0 Å². The smallest absolute Gasteiger partial charge is 0.237 e. The summed E-state index contributed by atoms with van der Waals surface area (Å²) in [4.78, 5) is 11.7. The van der Waals surface area contributed by atoms with E-state index in [-0.39, 0.29) is 29.4 Å². The standard InChI is InChI=1S/C11H22N2O2/c1-6(2)9(12)10(15)13-7-5-8(14)11(7,3)4/h6-9,14H,5,12H2,1-4H3,(H,13,15). The highest BCUT2D eigenvalue weighted by Gasteiger charge is 2.48. The molecule has 0 aromatic carbocycles. The van der Waals surface area contributed by atoms with Crippen LogP contribution in [0, 0.1) is 11.3 Å². The third-order valence-corrected chi connectivity index (χ3v) is 3.55. The molecule has 0 aromatic heterocycles. The topological polar surface area (TPSA) is 75.4 Å². The number of hydrogen-bond acceptors (Lipinski definition) is 3. The average Bonchev–Trinajstić information content (AvgIpc) is 2.15. The van der Waals surface area contributed by atoms with Gasteiger partial charge in [0.1, 0.15) is 0 Å². The number of hydrogen-bond donors (Lipinski definition) is 3. The van der Waals surface area contributed by atoms with Gasteiger partial charge in [-0.25, -0.2) is 0 Å². The fraction of sp³-hybridized carbons (Fsp3) is 0.909. The van der Waals surface area contributed by atoms with Crippen LogP contribution in [0.3, 0.4) is 0 Å².